The molecule has 0 radical (unpaired) electrons. The second kappa shape index (κ2) is 6.15. The van der Waals surface area contributed by atoms with Gasteiger partial charge >= 0.3 is 0 Å². The summed E-state index contributed by atoms with van der Waals surface area (Å²) in [5.41, 5.74) is 2.70. The van der Waals surface area contributed by atoms with Crippen LogP contribution in [0.4, 0.5) is 5.69 Å². The third kappa shape index (κ3) is 2.57. The van der Waals surface area contributed by atoms with Gasteiger partial charge in [0.15, 0.2) is 0 Å². The number of fused-ring (bicyclic) bond motifs is 1. The average molecular weight is 274 g/mol. The van der Waals surface area contributed by atoms with E-state index in [0.717, 1.165) is 6.04 Å². The molecular formula is C17H26N2O. The first-order valence-electron chi connectivity index (χ1n) is 7.91. The molecule has 2 unspecified atom stereocenters. The van der Waals surface area contributed by atoms with Gasteiger partial charge < -0.3 is 9.64 Å². The summed E-state index contributed by atoms with van der Waals surface area (Å²) in [5.74, 6) is 0. The first kappa shape index (κ1) is 13.9. The number of para-hydroxylation sites is 1. The molecule has 0 bridgehead atoms. The number of hydrogen-bond acceptors (Lipinski definition) is 3. The monoisotopic (exact) mass is 274 g/mol. The molecule has 2 heterocycles. The van der Waals surface area contributed by atoms with Gasteiger partial charge in [-0.3, -0.25) is 4.90 Å². The smallest absolute Gasteiger partial charge is 0.0733 e. The zero-order chi connectivity index (χ0) is 13.9. The van der Waals surface area contributed by atoms with Crippen molar-refractivity contribution < 1.29 is 4.74 Å². The summed E-state index contributed by atoms with van der Waals surface area (Å²) < 4.78 is 5.38. The minimum absolute atomic E-state index is 0.641. The Kier molecular flexibility index (Phi) is 4.27. The van der Waals surface area contributed by atoms with Crippen LogP contribution in [0, 0.1) is 0 Å². The molecule has 0 N–H and O–H groups in total. The minimum Gasteiger partial charge on any atom is -0.380 e. The van der Waals surface area contributed by atoms with Crippen molar-refractivity contribution in [1.82, 2.24) is 4.90 Å². The normalized spacial score (nSPS) is 26.8. The van der Waals surface area contributed by atoms with Crippen LogP contribution in [0.25, 0.3) is 0 Å². The van der Waals surface area contributed by atoms with E-state index in [9.17, 15) is 0 Å². The van der Waals surface area contributed by atoms with Crippen LogP contribution in [0.5, 0.6) is 0 Å². The van der Waals surface area contributed by atoms with E-state index in [2.05, 4.69) is 41.0 Å². The van der Waals surface area contributed by atoms with Crippen molar-refractivity contribution in [2.24, 2.45) is 0 Å². The molecule has 2 aliphatic rings. The standard InChI is InChI=1S/C17H26N2O/c1-3-15-11-18-10-6-8-16(18)12-19(15)17-9-5-4-7-14(17)13-20-2/h4-5,7,9,15-16H,3,6,8,10-13H2,1-2H3. The van der Waals surface area contributed by atoms with E-state index < -0.39 is 0 Å². The Morgan fingerprint density at radius 2 is 2.10 bits per heavy atom. The van der Waals surface area contributed by atoms with Gasteiger partial charge in [-0.2, -0.15) is 0 Å². The Labute approximate surface area is 122 Å². The van der Waals surface area contributed by atoms with Gasteiger partial charge in [0.1, 0.15) is 0 Å². The van der Waals surface area contributed by atoms with Crippen LogP contribution in [-0.4, -0.2) is 43.7 Å². The van der Waals surface area contributed by atoms with Crippen LogP contribution in [0.2, 0.25) is 0 Å². The van der Waals surface area contributed by atoms with E-state index in [-0.39, 0.29) is 0 Å². The predicted octanol–water partition coefficient (Wildman–Crippen LogP) is 2.90. The van der Waals surface area contributed by atoms with Gasteiger partial charge in [-0.1, -0.05) is 25.1 Å². The lowest BCUT2D eigenvalue weighted by molar-refractivity contribution is 0.181. The number of benzene rings is 1. The van der Waals surface area contributed by atoms with Crippen LogP contribution in [0.1, 0.15) is 31.7 Å². The molecule has 1 aromatic carbocycles. The van der Waals surface area contributed by atoms with E-state index in [4.69, 9.17) is 4.74 Å². The van der Waals surface area contributed by atoms with Gasteiger partial charge in [-0.25, -0.2) is 0 Å². The van der Waals surface area contributed by atoms with Crippen LogP contribution in [0.15, 0.2) is 24.3 Å². The average Bonchev–Trinajstić information content (AvgIpc) is 2.94. The molecule has 3 heteroatoms. The second-order valence-corrected chi connectivity index (χ2v) is 6.07. The molecule has 2 atom stereocenters. The van der Waals surface area contributed by atoms with Gasteiger partial charge in [0.2, 0.25) is 0 Å². The zero-order valence-corrected chi connectivity index (χ0v) is 12.7. The highest BCUT2D eigenvalue weighted by Gasteiger charge is 2.36. The highest BCUT2D eigenvalue weighted by molar-refractivity contribution is 5.55. The molecule has 0 amide bonds. The van der Waals surface area contributed by atoms with Crippen molar-refractivity contribution in [2.75, 3.05) is 31.6 Å². The van der Waals surface area contributed by atoms with Crippen molar-refractivity contribution in [3.63, 3.8) is 0 Å². The number of ether oxygens (including phenoxy) is 1. The van der Waals surface area contributed by atoms with Crippen molar-refractivity contribution in [3.05, 3.63) is 29.8 Å². The molecular weight excluding hydrogens is 248 g/mol. The lowest BCUT2D eigenvalue weighted by atomic mass is 10.0. The maximum atomic E-state index is 5.38. The number of methoxy groups -OCH3 is 1. The Bertz CT molecular complexity index is 448. The molecule has 3 nitrogen and oxygen atoms in total. The summed E-state index contributed by atoms with van der Waals surface area (Å²) in [7, 11) is 1.78. The number of anilines is 1. The molecule has 2 saturated heterocycles. The topological polar surface area (TPSA) is 15.7 Å². The minimum atomic E-state index is 0.641. The third-order valence-corrected chi connectivity index (χ3v) is 4.86. The van der Waals surface area contributed by atoms with Crippen molar-refractivity contribution in [3.8, 4) is 0 Å². The predicted molar refractivity (Wildman–Crippen MR) is 83.2 cm³/mol. The third-order valence-electron chi connectivity index (χ3n) is 4.86. The Balaban J connectivity index is 1.87. The van der Waals surface area contributed by atoms with Crippen LogP contribution in [0.3, 0.4) is 0 Å². The van der Waals surface area contributed by atoms with E-state index >= 15 is 0 Å². The first-order chi connectivity index (χ1) is 9.83. The lowest BCUT2D eigenvalue weighted by Gasteiger charge is -2.45. The van der Waals surface area contributed by atoms with E-state index in [1.807, 2.05) is 0 Å². The number of rotatable bonds is 4. The molecule has 110 valence electrons. The van der Waals surface area contributed by atoms with Crippen LogP contribution >= 0.6 is 0 Å². The molecule has 2 fully saturated rings. The molecule has 20 heavy (non-hydrogen) atoms. The maximum absolute atomic E-state index is 5.38. The Morgan fingerprint density at radius 1 is 1.25 bits per heavy atom. The van der Waals surface area contributed by atoms with Gasteiger partial charge in [-0.05, 0) is 31.9 Å². The van der Waals surface area contributed by atoms with E-state index in [0.29, 0.717) is 12.6 Å². The van der Waals surface area contributed by atoms with E-state index in [1.54, 1.807) is 7.11 Å². The zero-order valence-electron chi connectivity index (χ0n) is 12.7. The van der Waals surface area contributed by atoms with Gasteiger partial charge in [0.05, 0.1) is 6.61 Å². The highest BCUT2D eigenvalue weighted by Crippen LogP contribution is 2.32. The van der Waals surface area contributed by atoms with Crippen LogP contribution < -0.4 is 4.90 Å². The maximum Gasteiger partial charge on any atom is 0.0733 e. The fourth-order valence-electron chi connectivity index (χ4n) is 3.80. The summed E-state index contributed by atoms with van der Waals surface area (Å²) in [4.78, 5) is 5.34. The van der Waals surface area contributed by atoms with Crippen molar-refractivity contribution in [1.29, 1.82) is 0 Å². The first-order valence-corrected chi connectivity index (χ1v) is 7.91. The fourth-order valence-corrected chi connectivity index (χ4v) is 3.80. The molecule has 0 spiro atoms. The fraction of sp³-hybridized carbons (Fsp3) is 0.647. The molecule has 1 aromatic rings. The number of nitrogens with zero attached hydrogens (tertiary/aromatic N) is 2. The molecule has 0 aromatic heterocycles. The van der Waals surface area contributed by atoms with Crippen LogP contribution in [-0.2, 0) is 11.3 Å². The summed E-state index contributed by atoms with van der Waals surface area (Å²) in [6.07, 6.45) is 3.94. The number of hydrogen-bond donors (Lipinski definition) is 0. The molecule has 3 rings (SSSR count). The van der Waals surface area contributed by atoms with Gasteiger partial charge in [0, 0.05) is 43.5 Å². The summed E-state index contributed by atoms with van der Waals surface area (Å²) in [6, 6.07) is 10.1. The quantitative estimate of drug-likeness (QED) is 0.839. The second-order valence-electron chi connectivity index (χ2n) is 6.07. The summed E-state index contributed by atoms with van der Waals surface area (Å²) in [5, 5.41) is 0. The molecule has 2 aliphatic heterocycles. The van der Waals surface area contributed by atoms with E-state index in [1.165, 1.54) is 50.1 Å². The Hall–Kier alpha value is -1.06. The Morgan fingerprint density at radius 3 is 2.90 bits per heavy atom. The summed E-state index contributed by atoms with van der Waals surface area (Å²) >= 11 is 0. The largest absolute Gasteiger partial charge is 0.380 e. The molecule has 0 saturated carbocycles. The van der Waals surface area contributed by atoms with Gasteiger partial charge in [-0.15, -0.1) is 0 Å². The number of piperazine rings is 1. The van der Waals surface area contributed by atoms with Gasteiger partial charge in [0.25, 0.3) is 0 Å². The highest BCUT2D eigenvalue weighted by atomic mass is 16.5. The molecule has 0 aliphatic carbocycles. The SMILES string of the molecule is CCC1CN2CCCC2CN1c1ccccc1COC. The van der Waals surface area contributed by atoms with Crippen molar-refractivity contribution in [2.45, 2.75) is 44.9 Å². The summed E-state index contributed by atoms with van der Waals surface area (Å²) in [6.45, 7) is 6.72. The van der Waals surface area contributed by atoms with Crippen molar-refractivity contribution >= 4 is 5.69 Å². The lowest BCUT2D eigenvalue weighted by Crippen LogP contribution is -2.56.